The molecule has 2 aromatic carbocycles. The number of rotatable bonds is 4. The number of amides is 2. The Labute approximate surface area is 204 Å². The molecule has 12 heteroatoms. The molecule has 4 N–H and O–H groups in total. The summed E-state index contributed by atoms with van der Waals surface area (Å²) in [7, 11) is 1.08. The zero-order valence-electron chi connectivity index (χ0n) is 19.4. The molecule has 1 aliphatic rings. The van der Waals surface area contributed by atoms with Crippen molar-refractivity contribution in [2.24, 2.45) is 5.73 Å². The van der Waals surface area contributed by atoms with Crippen molar-refractivity contribution >= 4 is 23.6 Å². The number of nitriles is 1. The summed E-state index contributed by atoms with van der Waals surface area (Å²) in [6.45, 7) is 2.80. The predicted octanol–water partition coefficient (Wildman–Crippen LogP) is 3.95. The van der Waals surface area contributed by atoms with Gasteiger partial charge in [-0.2, -0.15) is 18.4 Å². The summed E-state index contributed by atoms with van der Waals surface area (Å²) in [5.74, 6) is -1.56. The maximum atomic E-state index is 13.4. The number of carbonyl (C=O) groups is 2. The van der Waals surface area contributed by atoms with E-state index in [1.54, 1.807) is 0 Å². The topological polar surface area (TPSA) is 144 Å². The molecular formula is C24H22F3N5O4. The smallest absolute Gasteiger partial charge is 0.416 e. The number of guanidine groups is 1. The van der Waals surface area contributed by atoms with Gasteiger partial charge < -0.3 is 15.6 Å². The molecule has 1 heterocycles. The van der Waals surface area contributed by atoms with Crippen molar-refractivity contribution in [2.45, 2.75) is 32.2 Å². The zero-order valence-corrected chi connectivity index (χ0v) is 19.4. The fourth-order valence-electron chi connectivity index (χ4n) is 4.12. The Morgan fingerprint density at radius 1 is 1.25 bits per heavy atom. The van der Waals surface area contributed by atoms with Gasteiger partial charge in [-0.1, -0.05) is 12.1 Å². The SMILES string of the molecule is COC(=O)C1=C(C)N(c2cccc(C(F)(F)F)c2)C(=N)N(C(N)=O)[C@@H]1c1ccc(C#N)cc1C(C)O. The van der Waals surface area contributed by atoms with Gasteiger partial charge >= 0.3 is 18.2 Å². The highest BCUT2D eigenvalue weighted by Crippen LogP contribution is 2.42. The second-order valence-corrected chi connectivity index (χ2v) is 7.94. The van der Waals surface area contributed by atoms with Crippen LogP contribution < -0.4 is 10.6 Å². The molecule has 2 atom stereocenters. The van der Waals surface area contributed by atoms with Crippen LogP contribution in [0.1, 0.15) is 48.2 Å². The number of alkyl halides is 3. The average Bonchev–Trinajstić information content (AvgIpc) is 2.82. The molecule has 3 rings (SSSR count). The Hall–Kier alpha value is -4.37. The van der Waals surface area contributed by atoms with Crippen molar-refractivity contribution in [3.8, 4) is 6.07 Å². The lowest BCUT2D eigenvalue weighted by atomic mass is 9.87. The molecule has 1 aliphatic heterocycles. The molecule has 9 nitrogen and oxygen atoms in total. The normalized spacial score (nSPS) is 17.1. The number of allylic oxidation sites excluding steroid dienone is 1. The molecule has 188 valence electrons. The van der Waals surface area contributed by atoms with Gasteiger partial charge in [0.15, 0.2) is 0 Å². The zero-order chi connectivity index (χ0) is 26.9. The number of carbonyl (C=O) groups excluding carboxylic acids is 2. The molecule has 0 saturated heterocycles. The number of hydrogen-bond donors (Lipinski definition) is 3. The summed E-state index contributed by atoms with van der Waals surface area (Å²) < 4.78 is 45.0. The molecule has 2 amide bonds. The van der Waals surface area contributed by atoms with Gasteiger partial charge in [0.1, 0.15) is 6.04 Å². The van der Waals surface area contributed by atoms with Crippen LogP contribution >= 0.6 is 0 Å². The summed E-state index contributed by atoms with van der Waals surface area (Å²) in [6.07, 6.45) is -5.84. The molecule has 0 fully saturated rings. The third kappa shape index (κ3) is 4.60. The van der Waals surface area contributed by atoms with Crippen molar-refractivity contribution in [1.29, 1.82) is 10.7 Å². The molecule has 1 unspecified atom stereocenters. The minimum absolute atomic E-state index is 0.00887. The van der Waals surface area contributed by atoms with Gasteiger partial charge in [-0.05, 0) is 55.3 Å². The van der Waals surface area contributed by atoms with Gasteiger partial charge in [-0.25, -0.2) is 9.59 Å². The van der Waals surface area contributed by atoms with Gasteiger partial charge in [0, 0.05) is 11.4 Å². The monoisotopic (exact) mass is 501 g/mol. The van der Waals surface area contributed by atoms with Crippen molar-refractivity contribution < 1.29 is 32.6 Å². The number of methoxy groups -OCH3 is 1. The molecule has 0 spiro atoms. The molecule has 2 aromatic rings. The van der Waals surface area contributed by atoms with Crippen LogP contribution in [0.4, 0.5) is 23.7 Å². The maximum Gasteiger partial charge on any atom is 0.416 e. The first-order valence-corrected chi connectivity index (χ1v) is 10.5. The first-order chi connectivity index (χ1) is 16.8. The van der Waals surface area contributed by atoms with Crippen molar-refractivity contribution in [3.63, 3.8) is 0 Å². The number of nitrogens with one attached hydrogen (secondary N) is 1. The van der Waals surface area contributed by atoms with E-state index in [1.165, 1.54) is 38.1 Å². The second-order valence-electron chi connectivity index (χ2n) is 7.94. The number of urea groups is 1. The number of aliphatic hydroxyl groups excluding tert-OH is 1. The van der Waals surface area contributed by atoms with Gasteiger partial charge in [0.2, 0.25) is 5.96 Å². The third-order valence-electron chi connectivity index (χ3n) is 5.73. The first-order valence-electron chi connectivity index (χ1n) is 10.5. The summed E-state index contributed by atoms with van der Waals surface area (Å²) in [4.78, 5) is 27.3. The number of nitrogens with zero attached hydrogens (tertiary/aromatic N) is 3. The van der Waals surface area contributed by atoms with E-state index < -0.39 is 41.8 Å². The summed E-state index contributed by atoms with van der Waals surface area (Å²) >= 11 is 0. The van der Waals surface area contributed by atoms with Crippen LogP contribution in [0.25, 0.3) is 0 Å². The summed E-state index contributed by atoms with van der Waals surface area (Å²) in [5.41, 5.74) is 4.82. The number of benzene rings is 2. The van der Waals surface area contributed by atoms with Gasteiger partial charge in [-0.15, -0.1) is 0 Å². The molecule has 0 aliphatic carbocycles. The second kappa shape index (κ2) is 9.71. The number of primary amides is 1. The number of nitrogens with two attached hydrogens (primary N) is 1. The van der Waals surface area contributed by atoms with Crippen molar-refractivity contribution in [3.05, 3.63) is 76.0 Å². The molecule has 0 saturated carbocycles. The van der Waals surface area contributed by atoms with Gasteiger partial charge in [-0.3, -0.25) is 15.2 Å². The van der Waals surface area contributed by atoms with Crippen molar-refractivity contribution in [1.82, 2.24) is 4.90 Å². The van der Waals surface area contributed by atoms with E-state index in [1.807, 2.05) is 6.07 Å². The molecule has 0 bridgehead atoms. The van der Waals surface area contributed by atoms with Crippen LogP contribution in [-0.2, 0) is 15.7 Å². The molecule has 0 radical (unpaired) electrons. The molecular weight excluding hydrogens is 479 g/mol. The van der Waals surface area contributed by atoms with Gasteiger partial charge in [0.05, 0.1) is 36.0 Å². The highest BCUT2D eigenvalue weighted by atomic mass is 19.4. The number of halogens is 3. The first kappa shape index (κ1) is 26.2. The third-order valence-corrected chi connectivity index (χ3v) is 5.73. The van der Waals surface area contributed by atoms with E-state index in [2.05, 4.69) is 0 Å². The van der Waals surface area contributed by atoms with E-state index in [0.29, 0.717) is 4.90 Å². The number of ether oxygens (including phenoxy) is 1. The number of esters is 1. The van der Waals surface area contributed by atoms with Crippen LogP contribution in [-0.4, -0.2) is 35.1 Å². The Kier molecular flexibility index (Phi) is 7.08. The summed E-state index contributed by atoms with van der Waals surface area (Å²) in [6, 6.07) is 7.58. The number of aliphatic hydroxyl groups is 1. The number of hydrogen-bond acceptors (Lipinski definition) is 6. The fourth-order valence-corrected chi connectivity index (χ4v) is 4.12. The average molecular weight is 501 g/mol. The minimum atomic E-state index is -4.68. The lowest BCUT2D eigenvalue weighted by Crippen LogP contribution is -2.55. The van der Waals surface area contributed by atoms with Crippen LogP contribution in [0, 0.1) is 16.7 Å². The molecule has 36 heavy (non-hydrogen) atoms. The van der Waals surface area contributed by atoms with E-state index in [4.69, 9.17) is 15.9 Å². The van der Waals surface area contributed by atoms with E-state index in [0.717, 1.165) is 30.2 Å². The van der Waals surface area contributed by atoms with Crippen LogP contribution in [0.15, 0.2) is 53.7 Å². The summed E-state index contributed by atoms with van der Waals surface area (Å²) in [5, 5.41) is 28.4. The number of anilines is 1. The van der Waals surface area contributed by atoms with Crippen LogP contribution in [0.5, 0.6) is 0 Å². The van der Waals surface area contributed by atoms with Crippen LogP contribution in [0.3, 0.4) is 0 Å². The maximum absolute atomic E-state index is 13.4. The quantitative estimate of drug-likeness (QED) is 0.541. The Bertz CT molecular complexity index is 1310. The Morgan fingerprint density at radius 2 is 1.92 bits per heavy atom. The standard InChI is InChI=1S/C24H22F3N5O4/c1-12-19(21(34)36-3)20(17-8-7-14(11-28)9-18(17)13(2)33)32(23(30)35)22(29)31(12)16-6-4-5-15(10-16)24(25,26)27/h4-10,13,20,29,33H,1-3H3,(H2,30,35)/t13?,20-/m1/s1. The van der Waals surface area contributed by atoms with Gasteiger partial charge in [0.25, 0.3) is 0 Å². The van der Waals surface area contributed by atoms with E-state index in [-0.39, 0.29) is 33.6 Å². The lowest BCUT2D eigenvalue weighted by molar-refractivity contribution is -0.138. The highest BCUT2D eigenvalue weighted by molar-refractivity contribution is 6.10. The Morgan fingerprint density at radius 3 is 2.44 bits per heavy atom. The molecule has 0 aromatic heterocycles. The van der Waals surface area contributed by atoms with Crippen molar-refractivity contribution in [2.75, 3.05) is 12.0 Å². The van der Waals surface area contributed by atoms with Crippen LogP contribution in [0.2, 0.25) is 0 Å². The minimum Gasteiger partial charge on any atom is -0.466 e. The highest BCUT2D eigenvalue weighted by Gasteiger charge is 2.45. The van der Waals surface area contributed by atoms with E-state index >= 15 is 0 Å². The predicted molar refractivity (Wildman–Crippen MR) is 122 cm³/mol. The fraction of sp³-hybridized carbons (Fsp3) is 0.250. The van der Waals surface area contributed by atoms with E-state index in [9.17, 15) is 33.1 Å². The lowest BCUT2D eigenvalue weighted by Gasteiger charge is -2.43. The largest absolute Gasteiger partial charge is 0.466 e. The Balaban J connectivity index is 2.37.